The third-order valence-corrected chi connectivity index (χ3v) is 4.16. The van der Waals surface area contributed by atoms with E-state index in [1.54, 1.807) is 6.92 Å². The van der Waals surface area contributed by atoms with Crippen LogP contribution in [0.15, 0.2) is 18.2 Å². The van der Waals surface area contributed by atoms with Gasteiger partial charge in [-0.2, -0.15) is 0 Å². The number of benzene rings is 1. The zero-order chi connectivity index (χ0) is 16.2. The lowest BCUT2D eigenvalue weighted by atomic mass is 9.85. The number of carbonyl (C=O) groups is 1. The number of halogens is 2. The quantitative estimate of drug-likeness (QED) is 0.800. The van der Waals surface area contributed by atoms with Crippen LogP contribution in [0.4, 0.5) is 13.6 Å². The van der Waals surface area contributed by atoms with Crippen molar-refractivity contribution in [1.29, 1.82) is 0 Å². The van der Waals surface area contributed by atoms with Gasteiger partial charge in [0.25, 0.3) is 0 Å². The minimum atomic E-state index is -0.957. The number of carbonyl (C=O) groups excluding carboxylic acids is 1. The van der Waals surface area contributed by atoms with Crippen LogP contribution in [0, 0.1) is 11.6 Å². The van der Waals surface area contributed by atoms with Crippen molar-refractivity contribution < 1.29 is 18.7 Å². The maximum Gasteiger partial charge on any atom is 0.315 e. The van der Waals surface area contributed by atoms with E-state index in [4.69, 9.17) is 0 Å². The van der Waals surface area contributed by atoms with Crippen molar-refractivity contribution in [2.45, 2.75) is 50.7 Å². The summed E-state index contributed by atoms with van der Waals surface area (Å²) in [5, 5.41) is 15.5. The Bertz CT molecular complexity index is 531. The molecular weight excluding hydrogens is 290 g/mol. The summed E-state index contributed by atoms with van der Waals surface area (Å²) in [5.74, 6) is -1.90. The van der Waals surface area contributed by atoms with E-state index in [1.165, 1.54) is 12.1 Å². The van der Waals surface area contributed by atoms with Crippen molar-refractivity contribution in [3.63, 3.8) is 0 Å². The Kier molecular flexibility index (Phi) is 5.34. The summed E-state index contributed by atoms with van der Waals surface area (Å²) < 4.78 is 26.8. The maximum atomic E-state index is 13.7. The first-order valence-corrected chi connectivity index (χ1v) is 7.62. The van der Waals surface area contributed by atoms with Gasteiger partial charge in [0.1, 0.15) is 0 Å². The first-order chi connectivity index (χ1) is 10.4. The smallest absolute Gasteiger partial charge is 0.315 e. The predicted octanol–water partition coefficient (Wildman–Crippen LogP) is 3.02. The molecule has 1 aromatic carbocycles. The van der Waals surface area contributed by atoms with Crippen molar-refractivity contribution >= 4 is 6.03 Å². The van der Waals surface area contributed by atoms with E-state index >= 15 is 0 Å². The van der Waals surface area contributed by atoms with Crippen LogP contribution in [0.25, 0.3) is 0 Å². The molecule has 1 saturated carbocycles. The zero-order valence-corrected chi connectivity index (χ0v) is 12.7. The van der Waals surface area contributed by atoms with Gasteiger partial charge < -0.3 is 15.7 Å². The topological polar surface area (TPSA) is 61.4 Å². The van der Waals surface area contributed by atoms with Gasteiger partial charge in [-0.1, -0.05) is 31.4 Å². The first kappa shape index (κ1) is 16.7. The first-order valence-electron chi connectivity index (χ1n) is 7.62. The van der Waals surface area contributed by atoms with E-state index in [2.05, 4.69) is 10.6 Å². The molecule has 2 amide bonds. The molecule has 4 nitrogen and oxygen atoms in total. The van der Waals surface area contributed by atoms with E-state index < -0.39 is 29.3 Å². The fraction of sp³-hybridized carbons (Fsp3) is 0.562. The van der Waals surface area contributed by atoms with E-state index in [1.807, 2.05) is 0 Å². The normalized spacial score (nSPS) is 18.5. The van der Waals surface area contributed by atoms with E-state index in [-0.39, 0.29) is 12.1 Å². The highest BCUT2D eigenvalue weighted by molar-refractivity contribution is 5.74. The lowest BCUT2D eigenvalue weighted by Gasteiger charge is -2.32. The van der Waals surface area contributed by atoms with Crippen molar-refractivity contribution in [2.75, 3.05) is 6.54 Å². The summed E-state index contributed by atoms with van der Waals surface area (Å²) in [6, 6.07) is 2.68. The molecule has 0 aliphatic heterocycles. The fourth-order valence-corrected chi connectivity index (χ4v) is 2.81. The van der Waals surface area contributed by atoms with Gasteiger partial charge in [0.15, 0.2) is 11.6 Å². The van der Waals surface area contributed by atoms with Gasteiger partial charge in [0, 0.05) is 12.1 Å². The molecule has 0 aromatic heterocycles. The highest BCUT2D eigenvalue weighted by atomic mass is 19.2. The largest absolute Gasteiger partial charge is 0.388 e. The van der Waals surface area contributed by atoms with Gasteiger partial charge in [-0.05, 0) is 25.8 Å². The third kappa shape index (κ3) is 4.16. The van der Waals surface area contributed by atoms with Crippen LogP contribution in [0.5, 0.6) is 0 Å². The number of urea groups is 1. The summed E-state index contributed by atoms with van der Waals surface area (Å²) in [6.45, 7) is 1.74. The molecule has 6 heteroatoms. The molecule has 0 spiro atoms. The molecule has 0 heterocycles. The molecule has 1 aliphatic carbocycles. The predicted molar refractivity (Wildman–Crippen MR) is 79.3 cm³/mol. The van der Waals surface area contributed by atoms with Crippen LogP contribution in [0.1, 0.15) is 50.6 Å². The Hall–Kier alpha value is -1.69. The molecule has 1 aliphatic rings. The minimum Gasteiger partial charge on any atom is -0.388 e. The van der Waals surface area contributed by atoms with Crippen LogP contribution in [-0.4, -0.2) is 23.3 Å². The van der Waals surface area contributed by atoms with E-state index in [0.29, 0.717) is 12.8 Å². The number of hydrogen-bond acceptors (Lipinski definition) is 2. The second kappa shape index (κ2) is 7.05. The summed E-state index contributed by atoms with van der Waals surface area (Å²) in [6.07, 6.45) is 4.34. The second-order valence-corrected chi connectivity index (χ2v) is 5.98. The van der Waals surface area contributed by atoms with Crippen LogP contribution in [-0.2, 0) is 0 Å². The second-order valence-electron chi connectivity index (χ2n) is 5.98. The SMILES string of the molecule is CC(NC(=O)NCC1(O)CCCCC1)c1cccc(F)c1F. The Morgan fingerprint density at radius 3 is 2.68 bits per heavy atom. The lowest BCUT2D eigenvalue weighted by molar-refractivity contribution is 0.00713. The standard InChI is InChI=1S/C16H22F2N2O2/c1-11(12-6-5-7-13(17)14(12)18)20-15(21)19-10-16(22)8-3-2-4-9-16/h5-7,11,22H,2-4,8-10H2,1H3,(H2,19,20,21). The molecule has 22 heavy (non-hydrogen) atoms. The van der Waals surface area contributed by atoms with Gasteiger partial charge in [-0.15, -0.1) is 0 Å². The molecule has 1 aromatic rings. The molecular formula is C16H22F2N2O2. The number of nitrogens with one attached hydrogen (secondary N) is 2. The van der Waals surface area contributed by atoms with Crippen LogP contribution >= 0.6 is 0 Å². The molecule has 1 unspecified atom stereocenters. The molecule has 0 saturated heterocycles. The van der Waals surface area contributed by atoms with Crippen molar-refractivity contribution in [3.05, 3.63) is 35.4 Å². The zero-order valence-electron chi connectivity index (χ0n) is 12.7. The molecule has 1 atom stereocenters. The van der Waals surface area contributed by atoms with Crippen molar-refractivity contribution in [2.24, 2.45) is 0 Å². The summed E-state index contributed by atoms with van der Waals surface area (Å²) >= 11 is 0. The van der Waals surface area contributed by atoms with Crippen LogP contribution in [0.3, 0.4) is 0 Å². The van der Waals surface area contributed by atoms with Gasteiger partial charge in [0.05, 0.1) is 11.6 Å². The highest BCUT2D eigenvalue weighted by Gasteiger charge is 2.29. The van der Waals surface area contributed by atoms with Gasteiger partial charge in [0.2, 0.25) is 0 Å². The van der Waals surface area contributed by atoms with E-state index in [9.17, 15) is 18.7 Å². The van der Waals surface area contributed by atoms with Gasteiger partial charge >= 0.3 is 6.03 Å². The monoisotopic (exact) mass is 312 g/mol. The molecule has 0 radical (unpaired) electrons. The molecule has 122 valence electrons. The average molecular weight is 312 g/mol. The summed E-state index contributed by atoms with van der Waals surface area (Å²) in [5.41, 5.74) is -0.769. The number of amides is 2. The molecule has 0 bridgehead atoms. The molecule has 1 fully saturated rings. The third-order valence-electron chi connectivity index (χ3n) is 4.16. The molecule has 3 N–H and O–H groups in total. The number of aliphatic hydroxyl groups is 1. The van der Waals surface area contributed by atoms with Crippen molar-refractivity contribution in [1.82, 2.24) is 10.6 Å². The highest BCUT2D eigenvalue weighted by Crippen LogP contribution is 2.27. The van der Waals surface area contributed by atoms with Gasteiger partial charge in [-0.25, -0.2) is 13.6 Å². The number of rotatable bonds is 4. The Morgan fingerprint density at radius 2 is 2.00 bits per heavy atom. The lowest BCUT2D eigenvalue weighted by Crippen LogP contribution is -2.47. The fourth-order valence-electron chi connectivity index (χ4n) is 2.81. The average Bonchev–Trinajstić information content (AvgIpc) is 2.49. The van der Waals surface area contributed by atoms with Crippen LogP contribution in [0.2, 0.25) is 0 Å². The Balaban J connectivity index is 1.87. The molecule has 2 rings (SSSR count). The Morgan fingerprint density at radius 1 is 1.32 bits per heavy atom. The van der Waals surface area contributed by atoms with Crippen LogP contribution < -0.4 is 10.6 Å². The van der Waals surface area contributed by atoms with Crippen molar-refractivity contribution in [3.8, 4) is 0 Å². The summed E-state index contributed by atoms with van der Waals surface area (Å²) in [4.78, 5) is 11.9. The minimum absolute atomic E-state index is 0.0894. The van der Waals surface area contributed by atoms with Gasteiger partial charge in [-0.3, -0.25) is 0 Å². The summed E-state index contributed by atoms with van der Waals surface area (Å²) in [7, 11) is 0. The Labute approximate surface area is 128 Å². The maximum absolute atomic E-state index is 13.7. The van der Waals surface area contributed by atoms with E-state index in [0.717, 1.165) is 25.3 Å². The number of hydrogen-bond donors (Lipinski definition) is 3.